The van der Waals surface area contributed by atoms with Crippen LogP contribution >= 0.6 is 0 Å². The van der Waals surface area contributed by atoms with Crippen LogP contribution in [0.5, 0.6) is 0 Å². The average Bonchev–Trinajstić information content (AvgIpc) is 2.85. The lowest BCUT2D eigenvalue weighted by atomic mass is 10.1. The maximum absolute atomic E-state index is 12.1. The zero-order chi connectivity index (χ0) is 9.47. The van der Waals surface area contributed by atoms with E-state index < -0.39 is 18.0 Å². The van der Waals surface area contributed by atoms with E-state index in [0.717, 1.165) is 12.1 Å². The molecule has 0 radical (unpaired) electrons. The van der Waals surface area contributed by atoms with Crippen LogP contribution in [-0.4, -0.2) is 0 Å². The number of halogens is 3. The molecule has 1 saturated heterocycles. The van der Waals surface area contributed by atoms with Crippen molar-refractivity contribution in [2.45, 2.75) is 12.5 Å². The lowest BCUT2D eigenvalue weighted by Gasteiger charge is -2.05. The van der Waals surface area contributed by atoms with Gasteiger partial charge in [-0.3, -0.25) is 0 Å². The van der Waals surface area contributed by atoms with Crippen LogP contribution in [0, 0.1) is 0 Å². The van der Waals surface area contributed by atoms with E-state index in [0.29, 0.717) is 5.56 Å². The van der Waals surface area contributed by atoms with E-state index in [1.807, 2.05) is 0 Å². The SMILES string of the molecule is FC(F)(F)c1ccc(C2OO2)cc1. The molecule has 0 aliphatic carbocycles. The van der Waals surface area contributed by atoms with Crippen LogP contribution < -0.4 is 0 Å². The molecule has 1 aromatic rings. The molecule has 1 aliphatic rings. The topological polar surface area (TPSA) is 25.1 Å². The largest absolute Gasteiger partial charge is 0.416 e. The van der Waals surface area contributed by atoms with Crippen molar-refractivity contribution >= 4 is 0 Å². The summed E-state index contributed by atoms with van der Waals surface area (Å²) in [6.07, 6.45) is -4.77. The maximum Gasteiger partial charge on any atom is 0.416 e. The second-order valence-corrected chi connectivity index (χ2v) is 2.64. The number of hydrogen-bond donors (Lipinski definition) is 0. The minimum absolute atomic E-state index is 0.484. The van der Waals surface area contributed by atoms with Gasteiger partial charge >= 0.3 is 6.18 Å². The van der Waals surface area contributed by atoms with Crippen LogP contribution in [0.4, 0.5) is 13.2 Å². The van der Waals surface area contributed by atoms with Crippen molar-refractivity contribution in [1.82, 2.24) is 0 Å². The Morgan fingerprint density at radius 3 is 1.92 bits per heavy atom. The van der Waals surface area contributed by atoms with Gasteiger partial charge in [0.2, 0.25) is 6.29 Å². The van der Waals surface area contributed by atoms with Crippen molar-refractivity contribution in [2.75, 3.05) is 0 Å². The summed E-state index contributed by atoms with van der Waals surface area (Å²) in [7, 11) is 0. The third-order valence-electron chi connectivity index (χ3n) is 1.70. The van der Waals surface area contributed by atoms with Crippen LogP contribution in [0.25, 0.3) is 0 Å². The number of rotatable bonds is 1. The highest BCUT2D eigenvalue weighted by atomic mass is 19.4. The van der Waals surface area contributed by atoms with Gasteiger partial charge in [-0.1, -0.05) is 12.1 Å². The molecule has 0 amide bonds. The molecule has 0 N–H and O–H groups in total. The molecular formula is C8H5F3O2. The first-order valence-corrected chi connectivity index (χ1v) is 3.57. The quantitative estimate of drug-likeness (QED) is 0.502. The summed E-state index contributed by atoms with van der Waals surface area (Å²) < 4.78 is 36.2. The minimum atomic E-state index is -4.29. The first-order valence-electron chi connectivity index (χ1n) is 3.57. The Bertz CT molecular complexity index is 300. The van der Waals surface area contributed by atoms with Crippen molar-refractivity contribution in [2.24, 2.45) is 0 Å². The molecule has 5 heteroatoms. The Labute approximate surface area is 71.8 Å². The fourth-order valence-corrected chi connectivity index (χ4v) is 0.968. The molecule has 1 aromatic carbocycles. The highest BCUT2D eigenvalue weighted by Crippen LogP contribution is 2.34. The van der Waals surface area contributed by atoms with Crippen molar-refractivity contribution < 1.29 is 22.9 Å². The average molecular weight is 190 g/mol. The van der Waals surface area contributed by atoms with Crippen LogP contribution in [0.1, 0.15) is 17.4 Å². The summed E-state index contributed by atoms with van der Waals surface area (Å²) >= 11 is 0. The van der Waals surface area contributed by atoms with E-state index in [-0.39, 0.29) is 0 Å². The Morgan fingerprint density at radius 2 is 1.54 bits per heavy atom. The smallest absolute Gasteiger partial charge is 0.193 e. The molecule has 70 valence electrons. The zero-order valence-corrected chi connectivity index (χ0v) is 6.34. The summed E-state index contributed by atoms with van der Waals surface area (Å²) in [5.41, 5.74) is -0.0788. The molecule has 2 nitrogen and oxygen atoms in total. The Balaban J connectivity index is 2.22. The first kappa shape index (κ1) is 8.52. The molecule has 0 unspecified atom stereocenters. The van der Waals surface area contributed by atoms with Gasteiger partial charge < -0.3 is 0 Å². The normalized spacial score (nSPS) is 17.5. The molecule has 1 aliphatic heterocycles. The lowest BCUT2D eigenvalue weighted by Crippen LogP contribution is -2.04. The number of hydrogen-bond acceptors (Lipinski definition) is 2. The third kappa shape index (κ3) is 1.81. The molecule has 13 heavy (non-hydrogen) atoms. The molecule has 1 heterocycles. The van der Waals surface area contributed by atoms with Crippen molar-refractivity contribution in [3.05, 3.63) is 35.4 Å². The summed E-state index contributed by atoms with van der Waals surface area (Å²) in [5.74, 6) is 0. The van der Waals surface area contributed by atoms with Gasteiger partial charge in [-0.25, -0.2) is 0 Å². The van der Waals surface area contributed by atoms with Gasteiger partial charge in [0.15, 0.2) is 0 Å². The molecule has 0 aromatic heterocycles. The third-order valence-corrected chi connectivity index (χ3v) is 1.70. The summed E-state index contributed by atoms with van der Waals surface area (Å²) in [4.78, 5) is 8.88. The minimum Gasteiger partial charge on any atom is -0.193 e. The van der Waals surface area contributed by atoms with Gasteiger partial charge in [-0.05, 0) is 12.1 Å². The molecular weight excluding hydrogens is 185 g/mol. The zero-order valence-electron chi connectivity index (χ0n) is 6.34. The second-order valence-electron chi connectivity index (χ2n) is 2.64. The molecule has 1 fully saturated rings. The van der Waals surface area contributed by atoms with Gasteiger partial charge in [0.25, 0.3) is 0 Å². The fourth-order valence-electron chi connectivity index (χ4n) is 0.968. The highest BCUT2D eigenvalue weighted by Gasteiger charge is 2.32. The number of alkyl halides is 3. The van der Waals surface area contributed by atoms with Crippen molar-refractivity contribution in [3.8, 4) is 0 Å². The van der Waals surface area contributed by atoms with Crippen molar-refractivity contribution in [3.63, 3.8) is 0 Å². The van der Waals surface area contributed by atoms with Gasteiger partial charge in [0.05, 0.1) is 5.56 Å². The Hall–Kier alpha value is -1.07. The molecule has 0 saturated carbocycles. The summed E-state index contributed by atoms with van der Waals surface area (Å²) in [5, 5.41) is 0. The predicted octanol–water partition coefficient (Wildman–Crippen LogP) is 2.67. The number of benzene rings is 1. The maximum atomic E-state index is 12.1. The van der Waals surface area contributed by atoms with E-state index in [1.54, 1.807) is 0 Å². The monoisotopic (exact) mass is 190 g/mol. The molecule has 0 atom stereocenters. The lowest BCUT2D eigenvalue weighted by molar-refractivity contribution is -0.137. The predicted molar refractivity (Wildman–Crippen MR) is 36.4 cm³/mol. The first-order chi connectivity index (χ1) is 6.07. The van der Waals surface area contributed by atoms with E-state index in [4.69, 9.17) is 0 Å². The van der Waals surface area contributed by atoms with Gasteiger partial charge in [-0.2, -0.15) is 22.9 Å². The van der Waals surface area contributed by atoms with Gasteiger partial charge in [0, 0.05) is 5.56 Å². The van der Waals surface area contributed by atoms with E-state index >= 15 is 0 Å². The summed E-state index contributed by atoms with van der Waals surface area (Å²) in [6.45, 7) is 0. The fraction of sp³-hybridized carbons (Fsp3) is 0.250. The van der Waals surface area contributed by atoms with E-state index in [1.165, 1.54) is 12.1 Å². The second kappa shape index (κ2) is 2.71. The van der Waals surface area contributed by atoms with Crippen LogP contribution in [-0.2, 0) is 16.0 Å². The van der Waals surface area contributed by atoms with Crippen LogP contribution in [0.2, 0.25) is 0 Å². The van der Waals surface area contributed by atoms with Crippen LogP contribution in [0.3, 0.4) is 0 Å². The summed E-state index contributed by atoms with van der Waals surface area (Å²) in [6, 6.07) is 4.67. The van der Waals surface area contributed by atoms with E-state index in [2.05, 4.69) is 9.78 Å². The Kier molecular flexibility index (Phi) is 1.78. The standard InChI is InChI=1S/C8H5F3O2/c9-8(10,11)6-3-1-5(2-4-6)7-12-13-7/h1-4,7H. The van der Waals surface area contributed by atoms with E-state index in [9.17, 15) is 13.2 Å². The molecule has 0 bridgehead atoms. The Morgan fingerprint density at radius 1 is 1.00 bits per heavy atom. The van der Waals surface area contributed by atoms with Gasteiger partial charge in [0.1, 0.15) is 0 Å². The van der Waals surface area contributed by atoms with Gasteiger partial charge in [-0.15, -0.1) is 0 Å². The highest BCUT2D eigenvalue weighted by molar-refractivity contribution is 5.25. The van der Waals surface area contributed by atoms with Crippen LogP contribution in [0.15, 0.2) is 24.3 Å². The van der Waals surface area contributed by atoms with Crippen molar-refractivity contribution in [1.29, 1.82) is 0 Å². The molecule has 0 spiro atoms. The molecule has 2 rings (SSSR count).